The molecule has 132 valence electrons. The van der Waals surface area contributed by atoms with Gasteiger partial charge in [0.1, 0.15) is 5.58 Å². The lowest BCUT2D eigenvalue weighted by Gasteiger charge is -2.07. The maximum Gasteiger partial charge on any atom is 0.374 e. The Kier molecular flexibility index (Phi) is 4.26. The average molecular weight is 358 g/mol. The van der Waals surface area contributed by atoms with Crippen molar-refractivity contribution in [2.75, 3.05) is 6.61 Å². The summed E-state index contributed by atoms with van der Waals surface area (Å²) >= 11 is 0. The first-order chi connectivity index (χ1) is 13.1. The monoisotopic (exact) mass is 358 g/mol. The molecule has 27 heavy (non-hydrogen) atoms. The van der Waals surface area contributed by atoms with Gasteiger partial charge in [0.15, 0.2) is 12.0 Å². The quantitative estimate of drug-likeness (QED) is 0.407. The molecule has 5 heteroatoms. The topological polar surface area (TPSA) is 73.6 Å². The minimum atomic E-state index is -0.855. The minimum absolute atomic E-state index is 0.232. The van der Waals surface area contributed by atoms with E-state index in [0.29, 0.717) is 10.9 Å². The Morgan fingerprint density at radius 2 is 1.56 bits per heavy atom. The third-order valence-electron chi connectivity index (χ3n) is 4.26. The summed E-state index contributed by atoms with van der Waals surface area (Å²) < 4.78 is 10.5. The van der Waals surface area contributed by atoms with E-state index in [1.807, 2.05) is 30.3 Å². The van der Waals surface area contributed by atoms with Crippen LogP contribution in [0.1, 0.15) is 20.9 Å². The van der Waals surface area contributed by atoms with Crippen LogP contribution in [0.15, 0.2) is 82.0 Å². The zero-order valence-corrected chi connectivity index (χ0v) is 14.2. The van der Waals surface area contributed by atoms with Crippen molar-refractivity contribution in [3.8, 4) is 0 Å². The maximum atomic E-state index is 12.5. The fourth-order valence-corrected chi connectivity index (χ4v) is 2.95. The van der Waals surface area contributed by atoms with Gasteiger partial charge in [-0.2, -0.15) is 0 Å². The molecule has 0 unspecified atom stereocenters. The van der Waals surface area contributed by atoms with Crippen LogP contribution in [0.4, 0.5) is 0 Å². The molecule has 1 heterocycles. The molecule has 0 aliphatic carbocycles. The summed E-state index contributed by atoms with van der Waals surface area (Å²) in [6.45, 7) is -0.441. The summed E-state index contributed by atoms with van der Waals surface area (Å²) in [6, 6.07) is 20.5. The van der Waals surface area contributed by atoms with E-state index < -0.39 is 12.6 Å². The standard InChI is InChI=1S/C22H14O5/c23-18-12-21(27-20-11-4-3-9-17(18)20)22(25)26-13-19(24)16-10-5-7-14-6-1-2-8-15(14)16/h1-12H,13H2. The number of benzene rings is 3. The van der Waals surface area contributed by atoms with E-state index in [1.165, 1.54) is 0 Å². The second-order valence-electron chi connectivity index (χ2n) is 6.00. The highest BCUT2D eigenvalue weighted by atomic mass is 16.5. The number of esters is 1. The Morgan fingerprint density at radius 1 is 0.852 bits per heavy atom. The molecule has 0 N–H and O–H groups in total. The summed E-state index contributed by atoms with van der Waals surface area (Å²) in [5.41, 5.74) is 0.419. The van der Waals surface area contributed by atoms with Gasteiger partial charge in [-0.3, -0.25) is 9.59 Å². The van der Waals surface area contributed by atoms with Gasteiger partial charge in [0.25, 0.3) is 0 Å². The molecule has 0 radical (unpaired) electrons. The number of carbonyl (C=O) groups excluding carboxylic acids is 2. The summed E-state index contributed by atoms with van der Waals surface area (Å²) in [4.78, 5) is 36.8. The van der Waals surface area contributed by atoms with Gasteiger partial charge in [0.05, 0.1) is 5.39 Å². The average Bonchev–Trinajstić information content (AvgIpc) is 2.71. The summed E-state index contributed by atoms with van der Waals surface area (Å²) in [7, 11) is 0. The molecule has 0 aliphatic rings. The molecule has 0 fully saturated rings. The predicted molar refractivity (Wildman–Crippen MR) is 101 cm³/mol. The summed E-state index contributed by atoms with van der Waals surface area (Å²) in [5.74, 6) is -1.42. The number of rotatable bonds is 4. The molecular formula is C22H14O5. The first kappa shape index (κ1) is 16.7. The van der Waals surface area contributed by atoms with Gasteiger partial charge in [-0.05, 0) is 22.9 Å². The number of hydrogen-bond acceptors (Lipinski definition) is 5. The largest absolute Gasteiger partial charge is 0.451 e. The van der Waals surface area contributed by atoms with Crippen LogP contribution in [-0.2, 0) is 4.74 Å². The number of hydrogen-bond donors (Lipinski definition) is 0. The fourth-order valence-electron chi connectivity index (χ4n) is 2.95. The molecule has 5 nitrogen and oxygen atoms in total. The van der Waals surface area contributed by atoms with Crippen LogP contribution in [0.5, 0.6) is 0 Å². The van der Waals surface area contributed by atoms with Crippen LogP contribution in [0.3, 0.4) is 0 Å². The van der Waals surface area contributed by atoms with Crippen molar-refractivity contribution in [2.24, 2.45) is 0 Å². The number of carbonyl (C=O) groups is 2. The molecule has 1 aromatic heterocycles. The zero-order valence-electron chi connectivity index (χ0n) is 14.2. The van der Waals surface area contributed by atoms with Crippen molar-refractivity contribution < 1.29 is 18.7 Å². The van der Waals surface area contributed by atoms with Gasteiger partial charge in [-0.25, -0.2) is 4.79 Å². The summed E-state index contributed by atoms with van der Waals surface area (Å²) in [5, 5.41) is 2.09. The number of para-hydroxylation sites is 1. The Balaban J connectivity index is 1.55. The van der Waals surface area contributed by atoms with Gasteiger partial charge < -0.3 is 9.15 Å². The Hall–Kier alpha value is -3.73. The van der Waals surface area contributed by atoms with Gasteiger partial charge in [-0.1, -0.05) is 54.6 Å². The highest BCUT2D eigenvalue weighted by molar-refractivity contribution is 6.09. The lowest BCUT2D eigenvalue weighted by Crippen LogP contribution is -2.16. The highest BCUT2D eigenvalue weighted by Crippen LogP contribution is 2.19. The minimum Gasteiger partial charge on any atom is -0.451 e. The van der Waals surface area contributed by atoms with Gasteiger partial charge in [-0.15, -0.1) is 0 Å². The molecule has 0 atom stereocenters. The van der Waals surface area contributed by atoms with Crippen molar-refractivity contribution in [3.63, 3.8) is 0 Å². The zero-order chi connectivity index (χ0) is 18.8. The van der Waals surface area contributed by atoms with E-state index in [-0.39, 0.29) is 22.6 Å². The van der Waals surface area contributed by atoms with Crippen LogP contribution in [0, 0.1) is 0 Å². The molecule has 0 bridgehead atoms. The van der Waals surface area contributed by atoms with Crippen LogP contribution < -0.4 is 5.43 Å². The van der Waals surface area contributed by atoms with Crippen molar-refractivity contribution >= 4 is 33.5 Å². The van der Waals surface area contributed by atoms with Crippen LogP contribution in [0.25, 0.3) is 21.7 Å². The first-order valence-corrected chi connectivity index (χ1v) is 8.34. The lowest BCUT2D eigenvalue weighted by molar-refractivity contribution is 0.0445. The molecular weight excluding hydrogens is 344 g/mol. The Labute approximate surface area is 153 Å². The molecule has 0 saturated heterocycles. The highest BCUT2D eigenvalue weighted by Gasteiger charge is 2.17. The molecule has 0 aliphatic heterocycles. The predicted octanol–water partition coefficient (Wildman–Crippen LogP) is 3.99. The number of fused-ring (bicyclic) bond motifs is 2. The second-order valence-corrected chi connectivity index (χ2v) is 6.00. The van der Waals surface area contributed by atoms with Crippen molar-refractivity contribution in [1.29, 1.82) is 0 Å². The molecule has 0 saturated carbocycles. The van der Waals surface area contributed by atoms with E-state index >= 15 is 0 Å². The number of ether oxygens (including phenoxy) is 1. The van der Waals surface area contributed by atoms with E-state index in [4.69, 9.17) is 9.15 Å². The normalized spacial score (nSPS) is 10.8. The van der Waals surface area contributed by atoms with E-state index in [2.05, 4.69) is 0 Å². The Morgan fingerprint density at radius 3 is 2.41 bits per heavy atom. The number of Topliss-reactive ketones (excluding diaryl/α,β-unsaturated/α-hetero) is 1. The van der Waals surface area contributed by atoms with E-state index in [0.717, 1.165) is 16.8 Å². The molecule has 0 amide bonds. The second kappa shape index (κ2) is 6.88. The smallest absolute Gasteiger partial charge is 0.374 e. The molecule has 0 spiro atoms. The summed E-state index contributed by atoms with van der Waals surface area (Å²) in [6.07, 6.45) is 0. The van der Waals surface area contributed by atoms with Crippen LogP contribution in [-0.4, -0.2) is 18.4 Å². The lowest BCUT2D eigenvalue weighted by atomic mass is 10.0. The van der Waals surface area contributed by atoms with Gasteiger partial charge in [0, 0.05) is 11.6 Å². The Bertz CT molecular complexity index is 1230. The van der Waals surface area contributed by atoms with Gasteiger partial charge in [0.2, 0.25) is 11.5 Å². The van der Waals surface area contributed by atoms with E-state index in [9.17, 15) is 14.4 Å². The SMILES string of the molecule is O=C(OCC(=O)c1cccc2ccccc12)c1cc(=O)c2ccccc2o1. The molecule has 3 aromatic carbocycles. The third kappa shape index (κ3) is 3.22. The van der Waals surface area contributed by atoms with Crippen LogP contribution in [0.2, 0.25) is 0 Å². The first-order valence-electron chi connectivity index (χ1n) is 8.34. The molecule has 4 aromatic rings. The van der Waals surface area contributed by atoms with Crippen LogP contribution >= 0.6 is 0 Å². The number of ketones is 1. The van der Waals surface area contributed by atoms with Crippen molar-refractivity contribution in [2.45, 2.75) is 0 Å². The third-order valence-corrected chi connectivity index (χ3v) is 4.26. The fraction of sp³-hybridized carbons (Fsp3) is 0.0455. The maximum absolute atomic E-state index is 12.5. The van der Waals surface area contributed by atoms with Gasteiger partial charge >= 0.3 is 5.97 Å². The van der Waals surface area contributed by atoms with E-state index in [1.54, 1.807) is 36.4 Å². The van der Waals surface area contributed by atoms with Crippen molar-refractivity contribution in [1.82, 2.24) is 0 Å². The molecule has 4 rings (SSSR count). The van der Waals surface area contributed by atoms with Crippen molar-refractivity contribution in [3.05, 3.63) is 94.3 Å².